The number of carbonyl (C=O) groups excluding carboxylic acids is 1. The van der Waals surface area contributed by atoms with Crippen molar-refractivity contribution in [2.75, 3.05) is 24.3 Å². The second-order valence-corrected chi connectivity index (χ2v) is 7.28. The van der Waals surface area contributed by atoms with E-state index in [0.29, 0.717) is 11.5 Å². The van der Waals surface area contributed by atoms with Crippen LogP contribution in [0.15, 0.2) is 28.6 Å². The molecule has 1 aromatic heterocycles. The van der Waals surface area contributed by atoms with Crippen molar-refractivity contribution < 1.29 is 22.7 Å². The highest BCUT2D eigenvalue weighted by Crippen LogP contribution is 2.32. The number of hydrogen-bond donors (Lipinski definition) is 2. The van der Waals surface area contributed by atoms with Gasteiger partial charge in [-0.2, -0.15) is 0 Å². The number of hydrogen-bond acceptors (Lipinski definition) is 7. The van der Waals surface area contributed by atoms with Crippen molar-refractivity contribution in [3.8, 4) is 11.5 Å². The summed E-state index contributed by atoms with van der Waals surface area (Å²) in [6.45, 7) is 1.31. The maximum Gasteiger partial charge on any atom is 0.273 e. The number of sulfonamides is 1. The summed E-state index contributed by atoms with van der Waals surface area (Å²) in [5.41, 5.74) is 0.237. The Morgan fingerprint density at radius 3 is 2.61 bits per heavy atom. The van der Waals surface area contributed by atoms with Crippen LogP contribution < -0.4 is 19.5 Å². The van der Waals surface area contributed by atoms with E-state index >= 15 is 0 Å². The van der Waals surface area contributed by atoms with Gasteiger partial charge in [-0.15, -0.1) is 0 Å². The Bertz CT molecular complexity index is 817. The summed E-state index contributed by atoms with van der Waals surface area (Å²) in [6.07, 6.45) is 1.17. The minimum absolute atomic E-state index is 0.0360. The summed E-state index contributed by atoms with van der Waals surface area (Å²) in [6, 6.07) is 4.75. The third-order valence-electron chi connectivity index (χ3n) is 2.68. The van der Waals surface area contributed by atoms with Crippen molar-refractivity contribution in [1.82, 2.24) is 4.98 Å². The quantitative estimate of drug-likeness (QED) is 0.818. The number of ether oxygens (including phenoxy) is 2. The Morgan fingerprint density at radius 2 is 2.00 bits per heavy atom. The number of benzene rings is 1. The number of aromatic nitrogens is 1. The Morgan fingerprint density at radius 1 is 1.26 bits per heavy atom. The van der Waals surface area contributed by atoms with Crippen LogP contribution in [0, 0.1) is 0 Å². The maximum absolute atomic E-state index is 12.4. The van der Waals surface area contributed by atoms with Gasteiger partial charge in [0, 0.05) is 13.0 Å². The van der Waals surface area contributed by atoms with Crippen molar-refractivity contribution in [3.05, 3.63) is 24.4 Å². The van der Waals surface area contributed by atoms with Gasteiger partial charge in [0.2, 0.25) is 5.91 Å². The zero-order valence-corrected chi connectivity index (χ0v) is 14.2. The molecule has 1 aromatic carbocycles. The first-order valence-corrected chi connectivity index (χ1v) is 8.64. The van der Waals surface area contributed by atoms with Gasteiger partial charge in [-0.1, -0.05) is 11.3 Å². The van der Waals surface area contributed by atoms with E-state index in [2.05, 4.69) is 15.0 Å². The van der Waals surface area contributed by atoms with E-state index in [4.69, 9.17) is 9.47 Å². The molecule has 0 unspecified atom stereocenters. The van der Waals surface area contributed by atoms with Crippen LogP contribution in [-0.4, -0.2) is 33.5 Å². The van der Waals surface area contributed by atoms with Crippen LogP contribution in [0.2, 0.25) is 0 Å². The van der Waals surface area contributed by atoms with Gasteiger partial charge in [-0.05, 0) is 12.1 Å². The van der Waals surface area contributed by atoms with Crippen LogP contribution in [0.5, 0.6) is 11.5 Å². The van der Waals surface area contributed by atoms with Gasteiger partial charge in [-0.3, -0.25) is 9.52 Å². The number of anilines is 2. The van der Waals surface area contributed by atoms with E-state index in [9.17, 15) is 13.2 Å². The van der Waals surface area contributed by atoms with Gasteiger partial charge in [0.05, 0.1) is 26.1 Å². The van der Waals surface area contributed by atoms with E-state index < -0.39 is 10.0 Å². The smallest absolute Gasteiger partial charge is 0.273 e. The molecule has 10 heteroatoms. The van der Waals surface area contributed by atoms with Gasteiger partial charge < -0.3 is 14.8 Å². The molecule has 0 atom stereocenters. The molecule has 2 N–H and O–H groups in total. The largest absolute Gasteiger partial charge is 0.497 e. The average Bonchev–Trinajstić information content (AvgIpc) is 2.95. The molecule has 0 aliphatic carbocycles. The summed E-state index contributed by atoms with van der Waals surface area (Å²) in [4.78, 5) is 14.8. The van der Waals surface area contributed by atoms with E-state index in [1.807, 2.05) is 0 Å². The normalized spacial score (nSPS) is 10.9. The summed E-state index contributed by atoms with van der Waals surface area (Å²) < 4.78 is 37.4. The van der Waals surface area contributed by atoms with E-state index in [0.717, 1.165) is 11.3 Å². The first-order valence-electron chi connectivity index (χ1n) is 6.34. The minimum atomic E-state index is -3.87. The molecule has 0 saturated heterocycles. The number of thiazole rings is 1. The molecule has 0 aliphatic rings. The first-order chi connectivity index (χ1) is 10.9. The Kier molecular flexibility index (Phi) is 5.06. The molecule has 2 aromatic rings. The highest BCUT2D eigenvalue weighted by atomic mass is 32.2. The third-order valence-corrected chi connectivity index (χ3v) is 5.42. The van der Waals surface area contributed by atoms with Gasteiger partial charge in [0.15, 0.2) is 9.34 Å². The Labute approximate surface area is 137 Å². The lowest BCUT2D eigenvalue weighted by atomic mass is 10.3. The van der Waals surface area contributed by atoms with E-state index in [-0.39, 0.29) is 20.9 Å². The zero-order chi connectivity index (χ0) is 17.0. The summed E-state index contributed by atoms with van der Waals surface area (Å²) in [5.74, 6) is 0.499. The van der Waals surface area contributed by atoms with Crippen LogP contribution >= 0.6 is 11.3 Å². The molecule has 2 rings (SSSR count). The number of carbonyl (C=O) groups is 1. The molecule has 0 spiro atoms. The fraction of sp³-hybridized carbons (Fsp3) is 0.231. The Hall–Kier alpha value is -2.33. The highest BCUT2D eigenvalue weighted by molar-refractivity contribution is 7.94. The molecule has 0 saturated carbocycles. The molecular weight excluding hydrogens is 342 g/mol. The van der Waals surface area contributed by atoms with Gasteiger partial charge in [-0.25, -0.2) is 13.4 Å². The molecule has 0 fully saturated rings. The average molecular weight is 357 g/mol. The lowest BCUT2D eigenvalue weighted by molar-refractivity contribution is -0.114. The highest BCUT2D eigenvalue weighted by Gasteiger charge is 2.20. The summed E-state index contributed by atoms with van der Waals surface area (Å²) in [7, 11) is -0.960. The van der Waals surface area contributed by atoms with Crippen LogP contribution in [0.4, 0.5) is 10.8 Å². The summed E-state index contributed by atoms with van der Waals surface area (Å²) in [5, 5.41) is 2.64. The van der Waals surface area contributed by atoms with E-state index in [1.165, 1.54) is 33.4 Å². The number of nitrogens with one attached hydrogen (secondary N) is 2. The van der Waals surface area contributed by atoms with Crippen molar-refractivity contribution in [1.29, 1.82) is 0 Å². The van der Waals surface area contributed by atoms with Crippen LogP contribution in [-0.2, 0) is 14.8 Å². The van der Waals surface area contributed by atoms with Gasteiger partial charge in [0.1, 0.15) is 11.5 Å². The van der Waals surface area contributed by atoms with Gasteiger partial charge >= 0.3 is 0 Å². The van der Waals surface area contributed by atoms with Crippen LogP contribution in [0.3, 0.4) is 0 Å². The topological polar surface area (TPSA) is 107 Å². The van der Waals surface area contributed by atoms with Gasteiger partial charge in [0.25, 0.3) is 10.0 Å². The van der Waals surface area contributed by atoms with E-state index in [1.54, 1.807) is 12.1 Å². The molecule has 124 valence electrons. The predicted octanol–water partition coefficient (Wildman–Crippen LogP) is 1.92. The lowest BCUT2D eigenvalue weighted by Gasteiger charge is -2.12. The lowest BCUT2D eigenvalue weighted by Crippen LogP contribution is -2.12. The number of methoxy groups -OCH3 is 2. The molecular formula is C13H15N3O5S2. The molecule has 0 bridgehead atoms. The maximum atomic E-state index is 12.4. The minimum Gasteiger partial charge on any atom is -0.497 e. The van der Waals surface area contributed by atoms with Crippen molar-refractivity contribution >= 4 is 38.1 Å². The second kappa shape index (κ2) is 6.84. The number of nitrogens with zero attached hydrogens (tertiary/aromatic N) is 1. The first kappa shape index (κ1) is 17.0. The van der Waals surface area contributed by atoms with Crippen molar-refractivity contribution in [2.45, 2.75) is 11.1 Å². The summed E-state index contributed by atoms with van der Waals surface area (Å²) >= 11 is 0.845. The standard InChI is InChI=1S/C13H15N3O5S2/c1-8(17)15-13-14-7-12(22-13)23(18,19)16-10-6-9(20-2)4-5-11(10)21-3/h4-7,16H,1-3H3,(H,14,15,17). The van der Waals surface area contributed by atoms with Crippen LogP contribution in [0.25, 0.3) is 0 Å². The molecule has 0 aliphatic heterocycles. The molecule has 8 nitrogen and oxygen atoms in total. The molecule has 1 amide bonds. The zero-order valence-electron chi connectivity index (χ0n) is 12.6. The monoisotopic (exact) mass is 357 g/mol. The molecule has 0 radical (unpaired) electrons. The van der Waals surface area contributed by atoms with Crippen molar-refractivity contribution in [3.63, 3.8) is 0 Å². The fourth-order valence-electron chi connectivity index (χ4n) is 1.68. The van der Waals surface area contributed by atoms with Crippen molar-refractivity contribution in [2.24, 2.45) is 0 Å². The Balaban J connectivity index is 2.31. The predicted molar refractivity (Wildman–Crippen MR) is 86.8 cm³/mol. The number of amides is 1. The fourth-order valence-corrected chi connectivity index (χ4v) is 3.82. The SMILES string of the molecule is COc1ccc(OC)c(NS(=O)(=O)c2cnc(NC(C)=O)s2)c1. The molecule has 1 heterocycles. The second-order valence-electron chi connectivity index (χ2n) is 4.34. The number of rotatable bonds is 6. The molecule has 23 heavy (non-hydrogen) atoms. The third kappa shape index (κ3) is 4.11. The van der Waals surface area contributed by atoms with Crippen LogP contribution in [0.1, 0.15) is 6.92 Å².